The largest absolute Gasteiger partial charge is 0.444 e. The first-order chi connectivity index (χ1) is 46.4. The molecule has 9 heterocycles. The Balaban J connectivity index is 0.000000140. The van der Waals surface area contributed by atoms with Crippen LogP contribution in [0.5, 0.6) is 0 Å². The lowest BCUT2D eigenvalue weighted by Crippen LogP contribution is -2.43. The summed E-state index contributed by atoms with van der Waals surface area (Å²) in [4.78, 5) is 55.5. The molecule has 6 aliphatic heterocycles. The van der Waals surface area contributed by atoms with Crippen molar-refractivity contribution in [2.24, 2.45) is 38.5 Å². The van der Waals surface area contributed by atoms with Crippen molar-refractivity contribution in [1.29, 1.82) is 0 Å². The SMILES string of the molecule is CC(C)(C)OC(=O)NC1=N[C@@]2(c3cccc(-c4cccnc4F)c3)CN(c3ccc(F)cc3)C[C@H]2CS1.CC(C)(C)OC(=O)NC1=N[C@@]2(c3cccc(-c4cccnc4F)c3)CNC[C@H]2CS1.NC1=N[C@@]2(c3cccc(-c4cccnc4F)c3)CN(c3ccc(F)cc3)C[C@H]2CS1. The Morgan fingerprint density at radius 1 is 0.505 bits per heavy atom. The Hall–Kier alpha value is -8.84. The number of pyridine rings is 3. The molecule has 2 amide bonds. The monoisotopic (exact) mass is 1370 g/mol. The van der Waals surface area contributed by atoms with Crippen LogP contribution in [0.4, 0.5) is 42.9 Å². The standard InChI is InChI=1S/C28H28F2N4O2S.C23H20F2N4S.C22H25FN4O2S/c1-27(2,3)36-26(35)32-25-33-28(19-7-4-6-18(14-19)23-8-5-13-31-24(23)30)17-34(15-20(28)16-37-25)22-11-9-21(29)10-12-22;24-18-6-8-19(9-7-18)29-12-17-13-30-22(26)28-23(17,14-29)16-4-1-3-15(11-16)20-5-2-10-27-21(20)25;1-21(2,3)29-20(28)26-19-27-22(13-24-11-16(22)12-30-19)15-7-4-6-14(10-15)17-8-5-9-25-18(17)23/h4-14,20H,15-17H2,1-3H3,(H,32,33,35);1-11,17H,12-14H2,(H2,26,28);4-10,16,24H,11-13H2,1-3H3,(H,26,27,28)/t20-,28+;17-,23+;16-,22+/m000/s1. The summed E-state index contributed by atoms with van der Waals surface area (Å²) >= 11 is 4.55. The number of benzene rings is 5. The van der Waals surface area contributed by atoms with Gasteiger partial charge in [-0.15, -0.1) is 0 Å². The molecule has 8 aromatic rings. The molecule has 0 radical (unpaired) electrons. The van der Waals surface area contributed by atoms with Crippen LogP contribution in [-0.2, 0) is 26.1 Å². The number of nitrogens with zero attached hydrogens (tertiary/aromatic N) is 8. The van der Waals surface area contributed by atoms with E-state index < -0.39 is 57.8 Å². The first kappa shape index (κ1) is 68.1. The van der Waals surface area contributed by atoms with Gasteiger partial charge in [-0.3, -0.25) is 10.6 Å². The highest BCUT2D eigenvalue weighted by Gasteiger charge is 2.53. The third-order valence-corrected chi connectivity index (χ3v) is 20.7. The Morgan fingerprint density at radius 3 is 1.30 bits per heavy atom. The molecule has 3 saturated heterocycles. The van der Waals surface area contributed by atoms with Gasteiger partial charge in [-0.25, -0.2) is 48.3 Å². The number of rotatable bonds is 8. The molecule has 5 aromatic carbocycles. The molecular formula is C73H73F5N12O4S3. The van der Waals surface area contributed by atoms with Crippen LogP contribution >= 0.6 is 35.3 Å². The van der Waals surface area contributed by atoms with Crippen LogP contribution < -0.4 is 31.5 Å². The third kappa shape index (κ3) is 15.3. The zero-order chi connectivity index (χ0) is 68.3. The van der Waals surface area contributed by atoms with Crippen LogP contribution in [0.1, 0.15) is 58.2 Å². The van der Waals surface area contributed by atoms with E-state index in [4.69, 9.17) is 30.2 Å². The normalized spacial score (nSPS) is 22.5. The highest BCUT2D eigenvalue weighted by molar-refractivity contribution is 8.14. The molecule has 97 heavy (non-hydrogen) atoms. The van der Waals surface area contributed by atoms with Crippen molar-refractivity contribution in [1.82, 2.24) is 30.9 Å². The minimum atomic E-state index is -0.710. The highest BCUT2D eigenvalue weighted by Crippen LogP contribution is 2.50. The Labute approximate surface area is 573 Å². The van der Waals surface area contributed by atoms with Crippen molar-refractivity contribution >= 4 is 74.3 Å². The van der Waals surface area contributed by atoms with Gasteiger partial charge in [0, 0.05) is 121 Å². The fourth-order valence-corrected chi connectivity index (χ4v) is 16.4. The van der Waals surface area contributed by atoms with Gasteiger partial charge in [0.1, 0.15) is 39.5 Å². The summed E-state index contributed by atoms with van der Waals surface area (Å²) < 4.78 is 80.9. The molecule has 0 unspecified atom stereocenters. The third-order valence-electron chi connectivity index (χ3n) is 17.6. The molecule has 5 N–H and O–H groups in total. The number of amidine groups is 3. The first-order valence-corrected chi connectivity index (χ1v) is 34.7. The lowest BCUT2D eigenvalue weighted by molar-refractivity contribution is 0.0552. The van der Waals surface area contributed by atoms with Gasteiger partial charge < -0.3 is 30.3 Å². The fraction of sp³-hybridized carbons (Fsp3) is 0.315. The number of thioether (sulfide) groups is 3. The van der Waals surface area contributed by atoms with Crippen LogP contribution in [0, 0.1) is 47.2 Å². The summed E-state index contributed by atoms with van der Waals surface area (Å²) in [5.41, 5.74) is 11.5. The second-order valence-electron chi connectivity index (χ2n) is 26.4. The number of halogens is 5. The Bertz CT molecular complexity index is 4310. The van der Waals surface area contributed by atoms with Crippen molar-refractivity contribution in [3.05, 3.63) is 222 Å². The lowest BCUT2D eigenvalue weighted by atomic mass is 9.81. The Morgan fingerprint density at radius 2 is 0.887 bits per heavy atom. The van der Waals surface area contributed by atoms with Gasteiger partial charge in [0.2, 0.25) is 17.8 Å². The van der Waals surface area contributed by atoms with Crippen molar-refractivity contribution in [2.75, 3.05) is 66.3 Å². The van der Waals surface area contributed by atoms with E-state index in [9.17, 15) is 31.5 Å². The summed E-state index contributed by atoms with van der Waals surface area (Å²) in [6.07, 6.45) is 3.23. The zero-order valence-electron chi connectivity index (χ0n) is 54.2. The molecule has 14 rings (SSSR count). The molecule has 0 bridgehead atoms. The molecule has 6 aliphatic rings. The summed E-state index contributed by atoms with van der Waals surface area (Å²) in [5.74, 6) is 0.878. The molecule has 6 atom stereocenters. The number of amides is 2. The Kier molecular flexibility index (Phi) is 19.9. The smallest absolute Gasteiger partial charge is 0.413 e. The van der Waals surface area contributed by atoms with Crippen molar-refractivity contribution in [3.8, 4) is 33.4 Å². The number of aromatic nitrogens is 3. The number of alkyl carbamates (subject to hydrolysis) is 2. The molecule has 0 spiro atoms. The average Bonchev–Trinajstić information content (AvgIpc) is 1.64. The molecule has 3 aromatic heterocycles. The summed E-state index contributed by atoms with van der Waals surface area (Å²) in [6.45, 7) is 15.0. The molecular weight excluding hydrogens is 1300 g/mol. The molecule has 3 fully saturated rings. The van der Waals surface area contributed by atoms with E-state index in [2.05, 4.69) is 40.7 Å². The molecule has 0 aliphatic carbocycles. The number of hydrogen-bond donors (Lipinski definition) is 4. The van der Waals surface area contributed by atoms with E-state index in [1.54, 1.807) is 93.2 Å². The van der Waals surface area contributed by atoms with Crippen LogP contribution in [0.15, 0.2) is 191 Å². The molecule has 24 heteroatoms. The van der Waals surface area contributed by atoms with E-state index in [0.29, 0.717) is 69.7 Å². The maximum Gasteiger partial charge on any atom is 0.413 e. The second-order valence-corrected chi connectivity index (χ2v) is 29.5. The minimum Gasteiger partial charge on any atom is -0.444 e. The second kappa shape index (κ2) is 28.3. The number of hydrogen-bond acceptors (Lipinski definition) is 17. The topological polar surface area (TPSA) is 197 Å². The van der Waals surface area contributed by atoms with Crippen molar-refractivity contribution in [3.63, 3.8) is 0 Å². The van der Waals surface area contributed by atoms with Gasteiger partial charge in [0.25, 0.3) is 0 Å². The predicted octanol–water partition coefficient (Wildman–Crippen LogP) is 14.3. The van der Waals surface area contributed by atoms with E-state index in [-0.39, 0.29) is 29.4 Å². The maximum absolute atomic E-state index is 14.5. The van der Waals surface area contributed by atoms with Gasteiger partial charge in [-0.05, 0) is 178 Å². The van der Waals surface area contributed by atoms with E-state index in [0.717, 1.165) is 63.8 Å². The van der Waals surface area contributed by atoms with Crippen LogP contribution in [0.2, 0.25) is 0 Å². The number of aliphatic imine (C=N–C) groups is 3. The summed E-state index contributed by atoms with van der Waals surface area (Å²) in [6, 6.07) is 46.6. The van der Waals surface area contributed by atoms with Gasteiger partial charge in [-0.1, -0.05) is 89.9 Å². The first-order valence-electron chi connectivity index (χ1n) is 31.7. The van der Waals surface area contributed by atoms with Gasteiger partial charge in [0.15, 0.2) is 15.5 Å². The van der Waals surface area contributed by atoms with Crippen LogP contribution in [0.3, 0.4) is 0 Å². The number of carbonyl (C=O) groups is 2. The number of anilines is 2. The summed E-state index contributed by atoms with van der Waals surface area (Å²) in [7, 11) is 0. The quantitative estimate of drug-likeness (QED) is 0.0828. The minimum absolute atomic E-state index is 0.0979. The number of fused-ring (bicyclic) bond motifs is 3. The van der Waals surface area contributed by atoms with Crippen LogP contribution in [0.25, 0.3) is 33.4 Å². The van der Waals surface area contributed by atoms with E-state index in [1.165, 1.54) is 66.4 Å². The van der Waals surface area contributed by atoms with E-state index in [1.807, 2.05) is 93.6 Å². The number of nitrogens with two attached hydrogens (primary N) is 1. The number of ether oxygens (including phenoxy) is 2. The van der Waals surface area contributed by atoms with Crippen LogP contribution in [-0.4, -0.2) is 110 Å². The maximum atomic E-state index is 14.5. The van der Waals surface area contributed by atoms with Crippen molar-refractivity contribution in [2.45, 2.75) is 69.4 Å². The van der Waals surface area contributed by atoms with Gasteiger partial charge in [0.05, 0.1) is 0 Å². The van der Waals surface area contributed by atoms with Gasteiger partial charge in [-0.2, -0.15) is 13.2 Å². The molecule has 0 saturated carbocycles. The lowest BCUT2D eigenvalue weighted by Gasteiger charge is -2.36. The highest BCUT2D eigenvalue weighted by atomic mass is 32.2. The zero-order valence-corrected chi connectivity index (χ0v) is 56.7. The van der Waals surface area contributed by atoms with Gasteiger partial charge >= 0.3 is 12.2 Å². The average molecular weight is 1370 g/mol. The number of nitrogens with one attached hydrogen (secondary N) is 3. The fourth-order valence-electron chi connectivity index (χ4n) is 13.2. The molecule has 502 valence electrons. The number of carbonyl (C=O) groups excluding carboxylic acids is 2. The van der Waals surface area contributed by atoms with Crippen molar-refractivity contribution < 1.29 is 41.0 Å². The summed E-state index contributed by atoms with van der Waals surface area (Å²) in [5, 5.41) is 10.6. The van der Waals surface area contributed by atoms with E-state index >= 15 is 0 Å². The predicted molar refractivity (Wildman–Crippen MR) is 377 cm³/mol. The molecule has 16 nitrogen and oxygen atoms in total.